The number of nitrogens with one attached hydrogen (secondary N) is 1. The number of carbonyl (C=O) groups excluding carboxylic acids is 2. The predicted octanol–water partition coefficient (Wildman–Crippen LogP) is 2.74. The maximum atomic E-state index is 12.9. The van der Waals surface area contributed by atoms with Crippen LogP contribution < -0.4 is 5.32 Å². The van der Waals surface area contributed by atoms with Crippen LogP contribution in [0.3, 0.4) is 0 Å². The zero-order valence-corrected chi connectivity index (χ0v) is 15.6. The van der Waals surface area contributed by atoms with Crippen LogP contribution in [0.4, 0.5) is 13.6 Å². The van der Waals surface area contributed by atoms with E-state index >= 15 is 0 Å². The number of hydrogen-bond donors (Lipinski definition) is 1. The van der Waals surface area contributed by atoms with Crippen molar-refractivity contribution in [3.8, 4) is 0 Å². The highest BCUT2D eigenvalue weighted by molar-refractivity contribution is 5.78. The van der Waals surface area contributed by atoms with Crippen molar-refractivity contribution in [3.05, 3.63) is 53.6 Å². The second-order valence-corrected chi connectivity index (χ2v) is 6.78. The number of amides is 3. The number of urea groups is 1. The molecular formula is C19H23F2N5O2. The summed E-state index contributed by atoms with van der Waals surface area (Å²) >= 11 is 0. The van der Waals surface area contributed by atoms with Crippen molar-refractivity contribution in [2.75, 3.05) is 13.6 Å². The van der Waals surface area contributed by atoms with Crippen LogP contribution >= 0.6 is 0 Å². The van der Waals surface area contributed by atoms with Gasteiger partial charge in [-0.1, -0.05) is 24.3 Å². The summed E-state index contributed by atoms with van der Waals surface area (Å²) in [5.41, 5.74) is 1.91. The second-order valence-electron chi connectivity index (χ2n) is 6.78. The zero-order chi connectivity index (χ0) is 20.1. The largest absolute Gasteiger partial charge is 0.338 e. The lowest BCUT2D eigenvalue weighted by molar-refractivity contribution is -0.128. The van der Waals surface area contributed by atoms with Crippen molar-refractivity contribution < 1.29 is 18.4 Å². The van der Waals surface area contributed by atoms with Crippen molar-refractivity contribution in [2.45, 2.75) is 39.0 Å². The summed E-state index contributed by atoms with van der Waals surface area (Å²) in [6.07, 6.45) is 3.96. The smallest absolute Gasteiger partial charge is 0.319 e. The molecule has 3 amide bonds. The molecule has 1 fully saturated rings. The first kappa shape index (κ1) is 19.8. The van der Waals surface area contributed by atoms with Crippen molar-refractivity contribution in [2.24, 2.45) is 0 Å². The molecule has 0 radical (unpaired) electrons. The van der Waals surface area contributed by atoms with E-state index in [0.717, 1.165) is 28.7 Å². The lowest BCUT2D eigenvalue weighted by atomic mass is 10.1. The molecule has 1 aliphatic rings. The monoisotopic (exact) mass is 391 g/mol. The molecule has 2 aromatic rings. The van der Waals surface area contributed by atoms with E-state index in [1.807, 2.05) is 29.2 Å². The molecule has 9 heteroatoms. The summed E-state index contributed by atoms with van der Waals surface area (Å²) in [5.74, 6) is 0.285. The third-order valence-corrected chi connectivity index (χ3v) is 4.66. The first-order valence-corrected chi connectivity index (χ1v) is 9.08. The van der Waals surface area contributed by atoms with E-state index in [1.54, 1.807) is 0 Å². The summed E-state index contributed by atoms with van der Waals surface area (Å²) < 4.78 is 26.5. The Hall–Kier alpha value is -2.97. The van der Waals surface area contributed by atoms with E-state index in [1.165, 1.54) is 24.3 Å². The summed E-state index contributed by atoms with van der Waals surface area (Å²) in [6.45, 7) is -1.08. The van der Waals surface area contributed by atoms with Gasteiger partial charge in [-0.2, -0.15) is 8.78 Å². The molecule has 3 rings (SSSR count). The Morgan fingerprint density at radius 1 is 1.36 bits per heavy atom. The minimum atomic E-state index is -2.70. The molecule has 0 atom stereocenters. The Bertz CT molecular complexity index is 839. The van der Waals surface area contributed by atoms with E-state index in [2.05, 4.69) is 10.3 Å². The van der Waals surface area contributed by atoms with Gasteiger partial charge in [-0.05, 0) is 17.5 Å². The van der Waals surface area contributed by atoms with E-state index < -0.39 is 6.55 Å². The number of likely N-dealkylation sites (tertiary alicyclic amines) is 1. The summed E-state index contributed by atoms with van der Waals surface area (Å²) in [4.78, 5) is 31.0. The van der Waals surface area contributed by atoms with E-state index in [4.69, 9.17) is 0 Å². The van der Waals surface area contributed by atoms with Crippen LogP contribution in [0.5, 0.6) is 0 Å². The molecule has 0 aliphatic carbocycles. The number of carbonyl (C=O) groups is 2. The van der Waals surface area contributed by atoms with Crippen LogP contribution in [-0.4, -0.2) is 44.9 Å². The van der Waals surface area contributed by atoms with Gasteiger partial charge in [-0.25, -0.2) is 9.78 Å². The number of benzene rings is 1. The number of nitrogens with zero attached hydrogens (tertiary/aromatic N) is 4. The third kappa shape index (κ3) is 4.85. The topological polar surface area (TPSA) is 70.5 Å². The van der Waals surface area contributed by atoms with Gasteiger partial charge in [0.25, 0.3) is 0 Å². The van der Waals surface area contributed by atoms with Crippen LogP contribution in [0.2, 0.25) is 0 Å². The fourth-order valence-corrected chi connectivity index (χ4v) is 3.17. The molecular weight excluding hydrogens is 368 g/mol. The number of hydrogen-bond acceptors (Lipinski definition) is 3. The number of rotatable bonds is 7. The molecule has 28 heavy (non-hydrogen) atoms. The molecule has 0 spiro atoms. The lowest BCUT2D eigenvalue weighted by Gasteiger charge is -2.19. The molecule has 150 valence electrons. The van der Waals surface area contributed by atoms with Gasteiger partial charge in [-0.3, -0.25) is 9.36 Å². The van der Waals surface area contributed by atoms with E-state index in [-0.39, 0.29) is 24.3 Å². The standard InChI is InChI=1S/C19H23F2N5O2/c1-24(13-16-22-7-9-26(16)18(20)21)19(28)23-11-14-4-2-5-15(10-14)12-25-8-3-6-17(25)27/h2,4-5,7,9-10,18H,3,6,8,11-13H2,1H3,(H,23,28). The normalized spacial score (nSPS) is 14.0. The Morgan fingerprint density at radius 3 is 2.86 bits per heavy atom. The van der Waals surface area contributed by atoms with Crippen molar-refractivity contribution in [1.82, 2.24) is 24.7 Å². The minimum Gasteiger partial charge on any atom is -0.338 e. The van der Waals surface area contributed by atoms with Gasteiger partial charge in [-0.15, -0.1) is 0 Å². The molecule has 1 saturated heterocycles. The van der Waals surface area contributed by atoms with Crippen molar-refractivity contribution in [3.63, 3.8) is 0 Å². The highest BCUT2D eigenvalue weighted by Gasteiger charge is 2.20. The second kappa shape index (κ2) is 8.81. The third-order valence-electron chi connectivity index (χ3n) is 4.66. The maximum absolute atomic E-state index is 12.9. The number of alkyl halides is 2. The molecule has 0 unspecified atom stereocenters. The van der Waals surface area contributed by atoms with Gasteiger partial charge in [0.1, 0.15) is 5.82 Å². The Balaban J connectivity index is 1.53. The Morgan fingerprint density at radius 2 is 2.14 bits per heavy atom. The molecule has 0 bridgehead atoms. The van der Waals surface area contributed by atoms with Gasteiger partial charge in [0.2, 0.25) is 5.91 Å². The predicted molar refractivity (Wildman–Crippen MR) is 98.3 cm³/mol. The fourth-order valence-electron chi connectivity index (χ4n) is 3.17. The summed E-state index contributed by atoms with van der Waals surface area (Å²) in [7, 11) is 1.52. The number of halogens is 2. The highest BCUT2D eigenvalue weighted by atomic mass is 19.3. The summed E-state index contributed by atoms with van der Waals surface area (Å²) in [5, 5.41) is 2.77. The van der Waals surface area contributed by atoms with E-state index in [0.29, 0.717) is 19.5 Å². The van der Waals surface area contributed by atoms with Crippen molar-refractivity contribution >= 4 is 11.9 Å². The average Bonchev–Trinajstić information content (AvgIpc) is 3.29. The molecule has 7 nitrogen and oxygen atoms in total. The van der Waals surface area contributed by atoms with Crippen LogP contribution in [0.25, 0.3) is 0 Å². The number of aromatic nitrogens is 2. The average molecular weight is 391 g/mol. The van der Waals surface area contributed by atoms with Crippen LogP contribution in [0, 0.1) is 0 Å². The van der Waals surface area contributed by atoms with E-state index in [9.17, 15) is 18.4 Å². The molecule has 0 saturated carbocycles. The quantitative estimate of drug-likeness (QED) is 0.789. The van der Waals surface area contributed by atoms with Crippen LogP contribution in [0.15, 0.2) is 36.7 Å². The molecule has 1 aliphatic heterocycles. The maximum Gasteiger partial charge on any atom is 0.319 e. The summed E-state index contributed by atoms with van der Waals surface area (Å²) in [6, 6.07) is 7.30. The number of imidazole rings is 1. The van der Waals surface area contributed by atoms with Gasteiger partial charge >= 0.3 is 12.6 Å². The zero-order valence-electron chi connectivity index (χ0n) is 15.6. The minimum absolute atomic E-state index is 0.0275. The van der Waals surface area contributed by atoms with Gasteiger partial charge < -0.3 is 15.1 Å². The molecule has 1 N–H and O–H groups in total. The molecule has 1 aromatic carbocycles. The lowest BCUT2D eigenvalue weighted by Crippen LogP contribution is -2.37. The van der Waals surface area contributed by atoms with Gasteiger partial charge in [0.15, 0.2) is 0 Å². The van der Waals surface area contributed by atoms with Gasteiger partial charge in [0, 0.05) is 45.5 Å². The Kier molecular flexibility index (Phi) is 6.23. The SMILES string of the molecule is CN(Cc1nccn1C(F)F)C(=O)NCc1cccc(CN2CCCC2=O)c1. The van der Waals surface area contributed by atoms with Crippen LogP contribution in [0.1, 0.15) is 36.3 Å². The first-order chi connectivity index (χ1) is 13.4. The van der Waals surface area contributed by atoms with Crippen molar-refractivity contribution in [1.29, 1.82) is 0 Å². The Labute approximate surface area is 161 Å². The fraction of sp³-hybridized carbons (Fsp3) is 0.421. The highest BCUT2D eigenvalue weighted by Crippen LogP contribution is 2.16. The van der Waals surface area contributed by atoms with Crippen LogP contribution in [-0.2, 0) is 24.4 Å². The molecule has 1 aromatic heterocycles. The first-order valence-electron chi connectivity index (χ1n) is 9.08. The van der Waals surface area contributed by atoms with Gasteiger partial charge in [0.05, 0.1) is 6.54 Å². The molecule has 2 heterocycles.